The molecule has 0 amide bonds. The summed E-state index contributed by atoms with van der Waals surface area (Å²) in [5, 5.41) is 0. The lowest BCUT2D eigenvalue weighted by Crippen LogP contribution is -2.07. The number of para-hydroxylation sites is 2. The molecule has 0 fully saturated rings. The molecule has 49 heavy (non-hydrogen) atoms. The molecule has 0 aromatic heterocycles. The van der Waals surface area contributed by atoms with Crippen molar-refractivity contribution in [1.82, 2.24) is 0 Å². The quantitative estimate of drug-likeness (QED) is 0.0867. The lowest BCUT2D eigenvalue weighted by atomic mass is 10.0. The van der Waals surface area contributed by atoms with E-state index in [1.807, 2.05) is 72.8 Å². The van der Waals surface area contributed by atoms with Gasteiger partial charge >= 0.3 is 0 Å². The van der Waals surface area contributed by atoms with Crippen LogP contribution in [0.2, 0.25) is 0 Å². The van der Waals surface area contributed by atoms with Crippen molar-refractivity contribution in [3.05, 3.63) is 180 Å². The maximum Gasteiger partial charge on any atom is 0.127 e. The van der Waals surface area contributed by atoms with E-state index in [4.69, 9.17) is 23.7 Å². The minimum atomic E-state index is 0.488. The molecule has 0 saturated heterocycles. The fourth-order valence-corrected chi connectivity index (χ4v) is 5.46. The van der Waals surface area contributed by atoms with Gasteiger partial charge in [0.05, 0.1) is 39.6 Å². The van der Waals surface area contributed by atoms with Gasteiger partial charge in [-0.05, 0) is 45.5 Å². The van der Waals surface area contributed by atoms with Crippen LogP contribution in [0.5, 0.6) is 11.5 Å². The first-order valence-corrected chi connectivity index (χ1v) is 16.8. The molecule has 0 atom stereocenters. The molecular formula is C44H42O5. The Morgan fingerprint density at radius 3 is 1.06 bits per heavy atom. The molecule has 0 aliphatic rings. The lowest BCUT2D eigenvalue weighted by Gasteiger charge is -2.13. The van der Waals surface area contributed by atoms with Crippen LogP contribution in [-0.4, -0.2) is 26.4 Å². The zero-order chi connectivity index (χ0) is 33.4. The monoisotopic (exact) mass is 650 g/mol. The molecule has 0 aliphatic carbocycles. The molecule has 0 unspecified atom stereocenters. The van der Waals surface area contributed by atoms with E-state index in [2.05, 4.69) is 84.9 Å². The van der Waals surface area contributed by atoms with Crippen LogP contribution in [0.1, 0.15) is 22.3 Å². The van der Waals surface area contributed by atoms with E-state index in [1.54, 1.807) is 0 Å². The normalized spacial score (nSPS) is 10.9. The van der Waals surface area contributed by atoms with Crippen LogP contribution in [0.4, 0.5) is 0 Å². The Morgan fingerprint density at radius 2 is 0.633 bits per heavy atom. The zero-order valence-corrected chi connectivity index (χ0v) is 27.7. The third-order valence-corrected chi connectivity index (χ3v) is 8.04. The molecule has 6 aromatic rings. The van der Waals surface area contributed by atoms with Gasteiger partial charge in [-0.15, -0.1) is 0 Å². The highest BCUT2D eigenvalue weighted by atomic mass is 16.5. The van der Waals surface area contributed by atoms with E-state index in [9.17, 15) is 0 Å². The average molecular weight is 651 g/mol. The molecule has 0 bridgehead atoms. The predicted molar refractivity (Wildman–Crippen MR) is 195 cm³/mol. The van der Waals surface area contributed by atoms with Crippen LogP contribution in [0.25, 0.3) is 22.3 Å². The molecule has 0 saturated carbocycles. The van der Waals surface area contributed by atoms with E-state index in [0.717, 1.165) is 56.0 Å². The molecule has 5 heteroatoms. The van der Waals surface area contributed by atoms with Crippen LogP contribution in [-0.2, 0) is 40.6 Å². The summed E-state index contributed by atoms with van der Waals surface area (Å²) in [6, 6.07) is 53.5. The number of ether oxygens (including phenoxy) is 5. The summed E-state index contributed by atoms with van der Waals surface area (Å²) < 4.78 is 29.8. The maximum absolute atomic E-state index is 6.10. The lowest BCUT2D eigenvalue weighted by molar-refractivity contribution is 0.0891. The van der Waals surface area contributed by atoms with E-state index < -0.39 is 0 Å². The molecule has 0 aliphatic heterocycles. The Bertz CT molecular complexity index is 1680. The molecule has 0 spiro atoms. The van der Waals surface area contributed by atoms with Gasteiger partial charge in [-0.25, -0.2) is 0 Å². The van der Waals surface area contributed by atoms with Crippen molar-refractivity contribution in [3.8, 4) is 33.8 Å². The summed E-state index contributed by atoms with van der Waals surface area (Å²) in [7, 11) is 0. The topological polar surface area (TPSA) is 46.2 Å². The van der Waals surface area contributed by atoms with Crippen LogP contribution < -0.4 is 9.47 Å². The Kier molecular flexibility index (Phi) is 12.6. The summed E-state index contributed by atoms with van der Waals surface area (Å²) in [6.45, 7) is 4.24. The second kappa shape index (κ2) is 18.4. The summed E-state index contributed by atoms with van der Waals surface area (Å²) in [4.78, 5) is 0. The van der Waals surface area contributed by atoms with E-state index in [-0.39, 0.29) is 0 Å². The molecular weight excluding hydrogens is 608 g/mol. The molecule has 5 nitrogen and oxygen atoms in total. The molecule has 0 radical (unpaired) electrons. The number of hydrogen-bond acceptors (Lipinski definition) is 5. The fraction of sp³-hybridized carbons (Fsp3) is 0.182. The van der Waals surface area contributed by atoms with Crippen molar-refractivity contribution >= 4 is 0 Å². The maximum atomic E-state index is 6.10. The number of rotatable bonds is 18. The fourth-order valence-electron chi connectivity index (χ4n) is 5.46. The van der Waals surface area contributed by atoms with Crippen LogP contribution >= 0.6 is 0 Å². The second-order valence-electron chi connectivity index (χ2n) is 11.7. The first kappa shape index (κ1) is 33.7. The summed E-state index contributed by atoms with van der Waals surface area (Å²) in [5.74, 6) is 1.69. The van der Waals surface area contributed by atoms with Gasteiger partial charge in [-0.1, -0.05) is 146 Å². The third-order valence-electron chi connectivity index (χ3n) is 8.04. The number of hydrogen-bond donors (Lipinski definition) is 0. The highest BCUT2D eigenvalue weighted by Crippen LogP contribution is 2.31. The van der Waals surface area contributed by atoms with Crippen LogP contribution in [0, 0.1) is 0 Å². The van der Waals surface area contributed by atoms with Crippen molar-refractivity contribution in [1.29, 1.82) is 0 Å². The van der Waals surface area contributed by atoms with Gasteiger partial charge in [-0.3, -0.25) is 0 Å². The smallest absolute Gasteiger partial charge is 0.127 e. The van der Waals surface area contributed by atoms with Gasteiger partial charge in [0, 0.05) is 11.1 Å². The summed E-state index contributed by atoms with van der Waals surface area (Å²) >= 11 is 0. The van der Waals surface area contributed by atoms with E-state index in [0.29, 0.717) is 52.9 Å². The minimum absolute atomic E-state index is 0.488. The van der Waals surface area contributed by atoms with Gasteiger partial charge in [0.15, 0.2) is 0 Å². The zero-order valence-electron chi connectivity index (χ0n) is 27.7. The van der Waals surface area contributed by atoms with E-state index in [1.165, 1.54) is 0 Å². The Hall–Kier alpha value is -5.20. The molecule has 0 heterocycles. The van der Waals surface area contributed by atoms with Gasteiger partial charge in [0.25, 0.3) is 0 Å². The molecule has 248 valence electrons. The van der Waals surface area contributed by atoms with Gasteiger partial charge < -0.3 is 23.7 Å². The Labute approximate surface area is 289 Å². The van der Waals surface area contributed by atoms with Gasteiger partial charge in [-0.2, -0.15) is 0 Å². The van der Waals surface area contributed by atoms with Gasteiger partial charge in [0.2, 0.25) is 0 Å². The molecule has 6 rings (SSSR count). The first-order valence-electron chi connectivity index (χ1n) is 16.8. The van der Waals surface area contributed by atoms with Crippen LogP contribution in [0.15, 0.2) is 158 Å². The molecule has 6 aromatic carbocycles. The molecule has 0 N–H and O–H groups in total. The Balaban J connectivity index is 0.943. The second-order valence-corrected chi connectivity index (χ2v) is 11.7. The standard InChI is InChI=1S/C44H42O5/c1-3-11-35(12-4-1)31-45-27-29-48-43-17-9-7-15-41(43)39-23-19-37(20-24-39)33-47-34-38-21-25-40(26-22-38)42-16-8-10-18-44(42)49-30-28-46-32-36-13-5-2-6-14-36/h1-26H,27-34H2. The number of benzene rings is 6. The van der Waals surface area contributed by atoms with Crippen molar-refractivity contribution in [2.45, 2.75) is 26.4 Å². The first-order chi connectivity index (χ1) is 24.3. The highest BCUT2D eigenvalue weighted by molar-refractivity contribution is 5.71. The average Bonchev–Trinajstić information content (AvgIpc) is 3.16. The Morgan fingerprint density at radius 1 is 0.286 bits per heavy atom. The summed E-state index contributed by atoms with van der Waals surface area (Å²) in [5.41, 5.74) is 8.87. The summed E-state index contributed by atoms with van der Waals surface area (Å²) in [6.07, 6.45) is 0. The SMILES string of the molecule is c1ccc(COCCOc2ccccc2-c2ccc(COCc3ccc(-c4ccccc4OCCOCc4ccccc4)cc3)cc2)cc1. The predicted octanol–water partition coefficient (Wildman–Crippen LogP) is 9.93. The largest absolute Gasteiger partial charge is 0.491 e. The minimum Gasteiger partial charge on any atom is -0.491 e. The third kappa shape index (κ3) is 10.4. The van der Waals surface area contributed by atoms with Crippen molar-refractivity contribution < 1.29 is 23.7 Å². The van der Waals surface area contributed by atoms with Crippen LogP contribution in [0.3, 0.4) is 0 Å². The van der Waals surface area contributed by atoms with Crippen molar-refractivity contribution in [2.75, 3.05) is 26.4 Å². The van der Waals surface area contributed by atoms with Crippen molar-refractivity contribution in [2.24, 2.45) is 0 Å². The highest BCUT2D eigenvalue weighted by Gasteiger charge is 2.08. The van der Waals surface area contributed by atoms with E-state index >= 15 is 0 Å². The van der Waals surface area contributed by atoms with Crippen molar-refractivity contribution in [3.63, 3.8) is 0 Å². The van der Waals surface area contributed by atoms with Gasteiger partial charge in [0.1, 0.15) is 24.7 Å².